The second kappa shape index (κ2) is 6.60. The first-order chi connectivity index (χ1) is 11.0. The summed E-state index contributed by atoms with van der Waals surface area (Å²) in [6, 6.07) is 5.68. The van der Waals surface area contributed by atoms with E-state index in [0.29, 0.717) is 18.1 Å². The third-order valence-electron chi connectivity index (χ3n) is 5.58. The molecule has 126 valence electrons. The average Bonchev–Trinajstić information content (AvgIpc) is 2.86. The summed E-state index contributed by atoms with van der Waals surface area (Å²) in [6.07, 6.45) is 4.88. The summed E-state index contributed by atoms with van der Waals surface area (Å²) >= 11 is 0. The molecule has 0 aromatic carbocycles. The second-order valence-corrected chi connectivity index (χ2v) is 7.36. The standard InChI is InChI=1S/C19H29N3O/c1-13-7-10-18(16(4)20-13)19(23)21-11-5-6-17(12-21)22-14(2)8-9-15(22)3/h7,10,14-15,17H,5-6,8-9,11-12H2,1-4H3/t14-,15+,17-/m0/s1. The van der Waals surface area contributed by atoms with Crippen LogP contribution in [0.3, 0.4) is 0 Å². The van der Waals surface area contributed by atoms with Crippen molar-refractivity contribution in [3.63, 3.8) is 0 Å². The molecule has 0 aliphatic carbocycles. The van der Waals surface area contributed by atoms with Crippen LogP contribution >= 0.6 is 0 Å². The highest BCUT2D eigenvalue weighted by molar-refractivity contribution is 5.95. The Labute approximate surface area is 139 Å². The maximum Gasteiger partial charge on any atom is 0.255 e. The molecule has 0 saturated carbocycles. The third-order valence-corrected chi connectivity index (χ3v) is 5.58. The smallest absolute Gasteiger partial charge is 0.255 e. The van der Waals surface area contributed by atoms with Crippen LogP contribution in [0.4, 0.5) is 0 Å². The maximum absolute atomic E-state index is 12.9. The highest BCUT2D eigenvalue weighted by Crippen LogP contribution is 2.30. The van der Waals surface area contributed by atoms with Gasteiger partial charge in [-0.15, -0.1) is 0 Å². The Morgan fingerprint density at radius 1 is 1.13 bits per heavy atom. The molecule has 3 atom stereocenters. The van der Waals surface area contributed by atoms with Gasteiger partial charge in [-0.3, -0.25) is 14.7 Å². The fourth-order valence-corrected chi connectivity index (χ4v) is 4.40. The monoisotopic (exact) mass is 315 g/mol. The zero-order valence-electron chi connectivity index (χ0n) is 14.9. The second-order valence-electron chi connectivity index (χ2n) is 7.36. The van der Waals surface area contributed by atoms with Gasteiger partial charge in [0.25, 0.3) is 5.91 Å². The number of aromatic nitrogens is 1. The van der Waals surface area contributed by atoms with Crippen molar-refractivity contribution in [1.29, 1.82) is 0 Å². The van der Waals surface area contributed by atoms with E-state index in [1.165, 1.54) is 19.3 Å². The first-order valence-electron chi connectivity index (χ1n) is 8.98. The molecule has 4 nitrogen and oxygen atoms in total. The van der Waals surface area contributed by atoms with E-state index in [-0.39, 0.29) is 5.91 Å². The Morgan fingerprint density at radius 2 is 1.83 bits per heavy atom. The first-order valence-corrected chi connectivity index (χ1v) is 8.98. The van der Waals surface area contributed by atoms with E-state index in [2.05, 4.69) is 23.7 Å². The molecule has 3 rings (SSSR count). The van der Waals surface area contributed by atoms with Crippen molar-refractivity contribution in [1.82, 2.24) is 14.8 Å². The number of likely N-dealkylation sites (tertiary alicyclic amines) is 2. The number of pyridine rings is 1. The van der Waals surface area contributed by atoms with Crippen LogP contribution in [0, 0.1) is 13.8 Å². The summed E-state index contributed by atoms with van der Waals surface area (Å²) in [5.74, 6) is 0.152. The molecule has 0 bridgehead atoms. The number of rotatable bonds is 2. The largest absolute Gasteiger partial charge is 0.337 e. The van der Waals surface area contributed by atoms with Crippen LogP contribution in [0.1, 0.15) is 61.3 Å². The molecular weight excluding hydrogens is 286 g/mol. The lowest BCUT2D eigenvalue weighted by Crippen LogP contribution is -2.52. The highest BCUT2D eigenvalue weighted by Gasteiger charge is 2.36. The van der Waals surface area contributed by atoms with Gasteiger partial charge in [0.2, 0.25) is 0 Å². The van der Waals surface area contributed by atoms with Crippen molar-refractivity contribution < 1.29 is 4.79 Å². The molecule has 0 unspecified atom stereocenters. The average molecular weight is 315 g/mol. The minimum atomic E-state index is 0.152. The van der Waals surface area contributed by atoms with Crippen LogP contribution in [-0.4, -0.2) is 51.9 Å². The summed E-state index contributed by atoms with van der Waals surface area (Å²) in [5, 5.41) is 0. The Morgan fingerprint density at radius 3 is 2.48 bits per heavy atom. The lowest BCUT2D eigenvalue weighted by Gasteiger charge is -2.41. The Balaban J connectivity index is 1.74. The molecule has 2 fully saturated rings. The molecule has 4 heteroatoms. The summed E-state index contributed by atoms with van der Waals surface area (Å²) in [4.78, 5) is 22.1. The lowest BCUT2D eigenvalue weighted by molar-refractivity contribution is 0.0486. The van der Waals surface area contributed by atoms with E-state index < -0.39 is 0 Å². The molecule has 2 aliphatic rings. The van der Waals surface area contributed by atoms with E-state index in [1.54, 1.807) is 0 Å². The van der Waals surface area contributed by atoms with Gasteiger partial charge in [-0.2, -0.15) is 0 Å². The highest BCUT2D eigenvalue weighted by atomic mass is 16.2. The van der Waals surface area contributed by atoms with Gasteiger partial charge in [0.15, 0.2) is 0 Å². The number of aryl methyl sites for hydroxylation is 2. The number of hydrogen-bond acceptors (Lipinski definition) is 3. The van der Waals surface area contributed by atoms with Gasteiger partial charge in [-0.1, -0.05) is 0 Å². The van der Waals surface area contributed by atoms with Crippen LogP contribution in [0.5, 0.6) is 0 Å². The van der Waals surface area contributed by atoms with Crippen LogP contribution in [-0.2, 0) is 0 Å². The van der Waals surface area contributed by atoms with Crippen molar-refractivity contribution in [3.8, 4) is 0 Å². The first kappa shape index (κ1) is 16.4. The summed E-state index contributed by atoms with van der Waals surface area (Å²) in [7, 11) is 0. The molecule has 1 aromatic heterocycles. The Bertz CT molecular complexity index is 576. The summed E-state index contributed by atoms with van der Waals surface area (Å²) in [6.45, 7) is 10.3. The molecule has 0 radical (unpaired) electrons. The van der Waals surface area contributed by atoms with E-state index in [0.717, 1.165) is 36.5 Å². The van der Waals surface area contributed by atoms with Gasteiger partial charge in [-0.05, 0) is 65.5 Å². The van der Waals surface area contributed by atoms with E-state index in [1.807, 2.05) is 30.9 Å². The van der Waals surface area contributed by atoms with Crippen molar-refractivity contribution >= 4 is 5.91 Å². The normalized spacial score (nSPS) is 29.0. The van der Waals surface area contributed by atoms with Crippen molar-refractivity contribution in [2.75, 3.05) is 13.1 Å². The van der Waals surface area contributed by atoms with Crippen LogP contribution in [0.15, 0.2) is 12.1 Å². The Hall–Kier alpha value is -1.42. The van der Waals surface area contributed by atoms with E-state index in [9.17, 15) is 4.79 Å². The predicted molar refractivity (Wildman–Crippen MR) is 92.6 cm³/mol. The molecule has 0 spiro atoms. The van der Waals surface area contributed by atoms with Crippen LogP contribution in [0.25, 0.3) is 0 Å². The van der Waals surface area contributed by atoms with E-state index >= 15 is 0 Å². The fourth-order valence-electron chi connectivity index (χ4n) is 4.40. The molecular formula is C19H29N3O. The molecule has 1 aromatic rings. The van der Waals surface area contributed by atoms with Gasteiger partial charge in [-0.25, -0.2) is 0 Å². The third kappa shape index (κ3) is 3.27. The topological polar surface area (TPSA) is 36.4 Å². The van der Waals surface area contributed by atoms with Gasteiger partial charge in [0.05, 0.1) is 11.3 Å². The quantitative estimate of drug-likeness (QED) is 0.841. The summed E-state index contributed by atoms with van der Waals surface area (Å²) in [5.41, 5.74) is 2.58. The SMILES string of the molecule is Cc1ccc(C(=O)N2CCC[C@H](N3[C@H](C)CC[C@@H]3C)C2)c(C)n1. The van der Waals surface area contributed by atoms with Gasteiger partial charge >= 0.3 is 0 Å². The number of nitrogens with zero attached hydrogens (tertiary/aromatic N) is 3. The number of carbonyl (C=O) groups is 1. The maximum atomic E-state index is 12.9. The van der Waals surface area contributed by atoms with Gasteiger partial charge in [0.1, 0.15) is 0 Å². The predicted octanol–water partition coefficient (Wildman–Crippen LogP) is 3.18. The minimum Gasteiger partial charge on any atom is -0.337 e. The van der Waals surface area contributed by atoms with Crippen LogP contribution in [0.2, 0.25) is 0 Å². The minimum absolute atomic E-state index is 0.152. The molecule has 3 heterocycles. The van der Waals surface area contributed by atoms with Crippen molar-refractivity contribution in [2.45, 2.75) is 71.5 Å². The van der Waals surface area contributed by atoms with Crippen LogP contribution < -0.4 is 0 Å². The zero-order chi connectivity index (χ0) is 16.6. The molecule has 2 aliphatic heterocycles. The number of amides is 1. The molecule has 2 saturated heterocycles. The number of piperidine rings is 1. The fraction of sp³-hybridized carbons (Fsp3) is 0.684. The zero-order valence-corrected chi connectivity index (χ0v) is 14.9. The number of hydrogen-bond donors (Lipinski definition) is 0. The van der Waals surface area contributed by atoms with E-state index in [4.69, 9.17) is 0 Å². The number of carbonyl (C=O) groups excluding carboxylic acids is 1. The Kier molecular flexibility index (Phi) is 4.72. The van der Waals surface area contributed by atoms with Crippen molar-refractivity contribution in [2.24, 2.45) is 0 Å². The lowest BCUT2D eigenvalue weighted by atomic mass is 10.0. The molecule has 1 amide bonds. The van der Waals surface area contributed by atoms with Gasteiger partial charge < -0.3 is 4.90 Å². The molecule has 23 heavy (non-hydrogen) atoms. The van der Waals surface area contributed by atoms with Crippen molar-refractivity contribution in [3.05, 3.63) is 29.1 Å². The van der Waals surface area contributed by atoms with Gasteiger partial charge in [0, 0.05) is 36.9 Å². The summed E-state index contributed by atoms with van der Waals surface area (Å²) < 4.78 is 0. The molecule has 0 N–H and O–H groups in total.